The Morgan fingerprint density at radius 1 is 1.14 bits per heavy atom. The SMILES string of the molecule is Cc1noc(NC(=O)N2CCC3(CC2)C[C@H](c2ccc(OCc4ccc(Cl)cc4)cc2)CO3)c1C. The second kappa shape index (κ2) is 9.91. The average Bonchev–Trinajstić information content (AvgIpc) is 3.43. The number of amides is 2. The van der Waals surface area contributed by atoms with E-state index in [9.17, 15) is 4.79 Å². The van der Waals surface area contributed by atoms with Crippen molar-refractivity contribution in [2.75, 3.05) is 25.0 Å². The summed E-state index contributed by atoms with van der Waals surface area (Å²) in [6.07, 6.45) is 2.62. The number of anilines is 1. The summed E-state index contributed by atoms with van der Waals surface area (Å²) < 4.78 is 17.5. The third kappa shape index (κ3) is 5.31. The Labute approximate surface area is 210 Å². The molecule has 2 aliphatic rings. The zero-order valence-electron chi connectivity index (χ0n) is 20.1. The molecule has 0 radical (unpaired) electrons. The van der Waals surface area contributed by atoms with E-state index in [-0.39, 0.29) is 11.6 Å². The molecule has 0 unspecified atom stereocenters. The van der Waals surface area contributed by atoms with Crippen molar-refractivity contribution < 1.29 is 18.8 Å². The van der Waals surface area contributed by atoms with Gasteiger partial charge in [-0.05, 0) is 68.5 Å². The summed E-state index contributed by atoms with van der Waals surface area (Å²) in [5.41, 5.74) is 3.82. The fourth-order valence-electron chi connectivity index (χ4n) is 4.82. The minimum Gasteiger partial charge on any atom is -0.489 e. The monoisotopic (exact) mass is 495 g/mol. The van der Waals surface area contributed by atoms with Crippen LogP contribution in [0.4, 0.5) is 10.7 Å². The summed E-state index contributed by atoms with van der Waals surface area (Å²) in [5, 5.41) is 7.47. The molecule has 2 aromatic carbocycles. The highest BCUT2D eigenvalue weighted by Gasteiger charge is 2.43. The molecule has 5 rings (SSSR count). The number of nitrogens with one attached hydrogen (secondary N) is 1. The molecule has 1 N–H and O–H groups in total. The molecule has 2 amide bonds. The van der Waals surface area contributed by atoms with Gasteiger partial charge in [0.15, 0.2) is 0 Å². The van der Waals surface area contributed by atoms with Crippen LogP contribution in [-0.4, -0.2) is 41.4 Å². The molecule has 3 heterocycles. The standard InChI is InChI=1S/C27H30ClN3O4/c1-18-19(2)30-35-25(18)29-26(32)31-13-11-27(12-14-31)15-22(17-34-27)21-5-9-24(10-6-21)33-16-20-3-7-23(28)8-4-20/h3-10,22H,11-17H2,1-2H3,(H,29,32)/t22-/m0/s1. The Bertz CT molecular complexity index is 1170. The summed E-state index contributed by atoms with van der Waals surface area (Å²) in [5.74, 6) is 1.61. The van der Waals surface area contributed by atoms with Crippen LogP contribution in [0.3, 0.4) is 0 Å². The molecule has 3 aromatic rings. The van der Waals surface area contributed by atoms with Crippen molar-refractivity contribution in [1.82, 2.24) is 10.1 Å². The van der Waals surface area contributed by atoms with E-state index >= 15 is 0 Å². The first kappa shape index (κ1) is 23.7. The third-order valence-electron chi connectivity index (χ3n) is 7.22. The molecule has 1 atom stereocenters. The van der Waals surface area contributed by atoms with Gasteiger partial charge in [0, 0.05) is 29.6 Å². The van der Waals surface area contributed by atoms with Gasteiger partial charge in [0.25, 0.3) is 0 Å². The van der Waals surface area contributed by atoms with Crippen LogP contribution in [-0.2, 0) is 11.3 Å². The number of hydrogen-bond acceptors (Lipinski definition) is 5. The lowest BCUT2D eigenvalue weighted by Crippen LogP contribution is -2.47. The van der Waals surface area contributed by atoms with Gasteiger partial charge >= 0.3 is 6.03 Å². The first-order valence-electron chi connectivity index (χ1n) is 12.0. The van der Waals surface area contributed by atoms with E-state index < -0.39 is 0 Å². The Morgan fingerprint density at radius 2 is 1.86 bits per heavy atom. The first-order valence-corrected chi connectivity index (χ1v) is 12.4. The van der Waals surface area contributed by atoms with Gasteiger partial charge in [-0.2, -0.15) is 0 Å². The van der Waals surface area contributed by atoms with Crippen molar-refractivity contribution in [3.63, 3.8) is 0 Å². The van der Waals surface area contributed by atoms with Gasteiger partial charge in [-0.3, -0.25) is 5.32 Å². The molecule has 184 valence electrons. The van der Waals surface area contributed by atoms with E-state index in [1.165, 1.54) is 5.56 Å². The number of likely N-dealkylation sites (tertiary alicyclic amines) is 1. The number of aryl methyl sites for hydroxylation is 1. The molecule has 1 spiro atoms. The number of benzene rings is 2. The van der Waals surface area contributed by atoms with E-state index in [1.54, 1.807) is 0 Å². The number of carbonyl (C=O) groups excluding carboxylic acids is 1. The van der Waals surface area contributed by atoms with Gasteiger partial charge in [-0.15, -0.1) is 0 Å². The number of piperidine rings is 1. The van der Waals surface area contributed by atoms with Crippen molar-refractivity contribution in [2.45, 2.75) is 51.2 Å². The maximum Gasteiger partial charge on any atom is 0.324 e. The molecular weight excluding hydrogens is 466 g/mol. The Hall–Kier alpha value is -3.03. The molecule has 0 bridgehead atoms. The van der Waals surface area contributed by atoms with Crippen molar-refractivity contribution in [2.24, 2.45) is 0 Å². The molecule has 2 saturated heterocycles. The smallest absolute Gasteiger partial charge is 0.324 e. The zero-order valence-corrected chi connectivity index (χ0v) is 20.8. The number of nitrogens with zero attached hydrogens (tertiary/aromatic N) is 2. The normalized spacial score (nSPS) is 19.2. The highest BCUT2D eigenvalue weighted by molar-refractivity contribution is 6.30. The molecule has 7 nitrogen and oxygen atoms in total. The number of carbonyl (C=O) groups is 1. The summed E-state index contributed by atoms with van der Waals surface area (Å²) in [6, 6.07) is 15.8. The number of halogens is 1. The third-order valence-corrected chi connectivity index (χ3v) is 7.47. The number of rotatable bonds is 5. The van der Waals surface area contributed by atoms with Gasteiger partial charge in [-0.1, -0.05) is 41.0 Å². The van der Waals surface area contributed by atoms with Crippen LogP contribution in [0.25, 0.3) is 0 Å². The van der Waals surface area contributed by atoms with Crippen LogP contribution in [0, 0.1) is 13.8 Å². The lowest BCUT2D eigenvalue weighted by molar-refractivity contribution is -0.0355. The van der Waals surface area contributed by atoms with E-state index in [0.29, 0.717) is 38.1 Å². The van der Waals surface area contributed by atoms with E-state index in [0.717, 1.165) is 46.9 Å². The highest BCUT2D eigenvalue weighted by Crippen LogP contribution is 2.43. The van der Waals surface area contributed by atoms with Gasteiger partial charge in [0.05, 0.1) is 17.9 Å². The zero-order chi connectivity index (χ0) is 24.4. The lowest BCUT2D eigenvalue weighted by atomic mass is 9.83. The average molecular weight is 496 g/mol. The Balaban J connectivity index is 1.12. The first-order chi connectivity index (χ1) is 16.9. The van der Waals surface area contributed by atoms with Gasteiger partial charge in [0.1, 0.15) is 12.4 Å². The summed E-state index contributed by atoms with van der Waals surface area (Å²) >= 11 is 5.94. The van der Waals surface area contributed by atoms with Crippen LogP contribution in [0.15, 0.2) is 53.1 Å². The predicted octanol–water partition coefficient (Wildman–Crippen LogP) is 6.09. The molecular formula is C27H30ClN3O4. The van der Waals surface area contributed by atoms with Gasteiger partial charge < -0.3 is 18.9 Å². The molecule has 2 aliphatic heterocycles. The minimum absolute atomic E-state index is 0.150. The molecule has 2 fully saturated rings. The van der Waals surface area contributed by atoms with Crippen LogP contribution < -0.4 is 10.1 Å². The van der Waals surface area contributed by atoms with Gasteiger partial charge in [-0.25, -0.2) is 4.79 Å². The second-order valence-corrected chi connectivity index (χ2v) is 9.95. The minimum atomic E-state index is -0.163. The Kier molecular flexibility index (Phi) is 6.71. The van der Waals surface area contributed by atoms with Crippen LogP contribution in [0.5, 0.6) is 5.75 Å². The molecule has 8 heteroatoms. The van der Waals surface area contributed by atoms with Crippen molar-refractivity contribution in [3.05, 3.63) is 75.9 Å². The second-order valence-electron chi connectivity index (χ2n) is 9.52. The van der Waals surface area contributed by atoms with Crippen LogP contribution >= 0.6 is 11.6 Å². The van der Waals surface area contributed by atoms with Crippen LogP contribution in [0.1, 0.15) is 47.6 Å². The topological polar surface area (TPSA) is 76.8 Å². The summed E-state index contributed by atoms with van der Waals surface area (Å²) in [4.78, 5) is 14.5. The fourth-order valence-corrected chi connectivity index (χ4v) is 4.94. The predicted molar refractivity (Wildman–Crippen MR) is 134 cm³/mol. The van der Waals surface area contributed by atoms with E-state index in [4.69, 9.17) is 25.6 Å². The molecule has 0 aliphatic carbocycles. The lowest BCUT2D eigenvalue weighted by Gasteiger charge is -2.38. The van der Waals surface area contributed by atoms with Gasteiger partial charge in [0.2, 0.25) is 5.88 Å². The number of hydrogen-bond donors (Lipinski definition) is 1. The van der Waals surface area contributed by atoms with E-state index in [2.05, 4.69) is 22.6 Å². The number of ether oxygens (including phenoxy) is 2. The van der Waals surface area contributed by atoms with E-state index in [1.807, 2.05) is 55.1 Å². The summed E-state index contributed by atoms with van der Waals surface area (Å²) in [6.45, 7) is 6.26. The molecule has 35 heavy (non-hydrogen) atoms. The summed E-state index contributed by atoms with van der Waals surface area (Å²) in [7, 11) is 0. The Morgan fingerprint density at radius 3 is 2.51 bits per heavy atom. The largest absolute Gasteiger partial charge is 0.489 e. The number of urea groups is 1. The van der Waals surface area contributed by atoms with Crippen LogP contribution in [0.2, 0.25) is 5.02 Å². The molecule has 1 aromatic heterocycles. The van der Waals surface area contributed by atoms with Crippen molar-refractivity contribution in [1.29, 1.82) is 0 Å². The maximum atomic E-state index is 12.7. The quantitative estimate of drug-likeness (QED) is 0.463. The highest BCUT2D eigenvalue weighted by atomic mass is 35.5. The maximum absolute atomic E-state index is 12.7. The van der Waals surface area contributed by atoms with Crippen molar-refractivity contribution in [3.8, 4) is 5.75 Å². The fraction of sp³-hybridized carbons (Fsp3) is 0.407. The van der Waals surface area contributed by atoms with Crippen molar-refractivity contribution >= 4 is 23.5 Å². The molecule has 0 saturated carbocycles. The number of aromatic nitrogens is 1.